The second-order valence-electron chi connectivity index (χ2n) is 3.85. The summed E-state index contributed by atoms with van der Waals surface area (Å²) in [7, 11) is 1.89. The van der Waals surface area contributed by atoms with Crippen LogP contribution in [-0.4, -0.2) is 16.4 Å². The Morgan fingerprint density at radius 1 is 1.33 bits per heavy atom. The van der Waals surface area contributed by atoms with Crippen molar-refractivity contribution in [2.45, 2.75) is 6.42 Å². The van der Waals surface area contributed by atoms with Crippen LogP contribution >= 0.6 is 23.2 Å². The van der Waals surface area contributed by atoms with Gasteiger partial charge in [0.2, 0.25) is 0 Å². The van der Waals surface area contributed by atoms with Crippen molar-refractivity contribution in [2.75, 3.05) is 12.3 Å². The van der Waals surface area contributed by atoms with Gasteiger partial charge in [0.05, 0.1) is 22.3 Å². The molecule has 4 nitrogen and oxygen atoms in total. The van der Waals surface area contributed by atoms with Crippen molar-refractivity contribution >= 4 is 28.9 Å². The number of rotatable bonds is 4. The summed E-state index contributed by atoms with van der Waals surface area (Å²) in [6.45, 7) is 0.502. The number of nitrogens with zero attached hydrogens (tertiary/aromatic N) is 2. The van der Waals surface area contributed by atoms with Gasteiger partial charge in [0.1, 0.15) is 5.75 Å². The first-order chi connectivity index (χ1) is 8.58. The first kappa shape index (κ1) is 13.1. The fourth-order valence-corrected chi connectivity index (χ4v) is 1.91. The number of anilines is 1. The molecule has 0 saturated carbocycles. The molecule has 0 aliphatic heterocycles. The SMILES string of the molecule is Cn1nccc1CCOc1cc(Cl)c(Cl)cc1N. The number of halogens is 2. The van der Waals surface area contributed by atoms with Gasteiger partial charge in [-0.1, -0.05) is 23.2 Å². The topological polar surface area (TPSA) is 53.1 Å². The molecule has 6 heteroatoms. The van der Waals surface area contributed by atoms with E-state index >= 15 is 0 Å². The molecule has 0 atom stereocenters. The second kappa shape index (κ2) is 5.50. The van der Waals surface area contributed by atoms with Crippen molar-refractivity contribution in [3.8, 4) is 5.75 Å². The first-order valence-electron chi connectivity index (χ1n) is 5.42. The van der Waals surface area contributed by atoms with Gasteiger partial charge in [-0.15, -0.1) is 0 Å². The molecular weight excluding hydrogens is 273 g/mol. The van der Waals surface area contributed by atoms with Gasteiger partial charge >= 0.3 is 0 Å². The molecule has 0 unspecified atom stereocenters. The van der Waals surface area contributed by atoms with Gasteiger partial charge in [0.25, 0.3) is 0 Å². The number of hydrogen-bond donors (Lipinski definition) is 1. The largest absolute Gasteiger partial charge is 0.491 e. The number of aromatic nitrogens is 2. The van der Waals surface area contributed by atoms with E-state index in [1.807, 2.05) is 17.8 Å². The van der Waals surface area contributed by atoms with Crippen LogP contribution in [0.1, 0.15) is 5.69 Å². The van der Waals surface area contributed by atoms with E-state index in [4.69, 9.17) is 33.7 Å². The smallest absolute Gasteiger partial charge is 0.143 e. The Balaban J connectivity index is 1.99. The van der Waals surface area contributed by atoms with E-state index < -0.39 is 0 Å². The van der Waals surface area contributed by atoms with Crippen LogP contribution in [0.4, 0.5) is 5.69 Å². The van der Waals surface area contributed by atoms with Crippen molar-refractivity contribution in [3.63, 3.8) is 0 Å². The van der Waals surface area contributed by atoms with Gasteiger partial charge in [0.15, 0.2) is 0 Å². The van der Waals surface area contributed by atoms with Crippen LogP contribution in [0, 0.1) is 0 Å². The molecule has 1 heterocycles. The molecule has 0 bridgehead atoms. The molecule has 0 radical (unpaired) electrons. The Labute approximate surface area is 115 Å². The van der Waals surface area contributed by atoms with E-state index in [1.165, 1.54) is 0 Å². The van der Waals surface area contributed by atoms with Gasteiger partial charge in [-0.3, -0.25) is 4.68 Å². The zero-order valence-corrected chi connectivity index (χ0v) is 11.4. The molecule has 0 aliphatic rings. The van der Waals surface area contributed by atoms with E-state index in [1.54, 1.807) is 18.3 Å². The number of nitrogens with two attached hydrogens (primary N) is 1. The molecule has 0 amide bonds. The third kappa shape index (κ3) is 2.89. The number of hydrogen-bond acceptors (Lipinski definition) is 3. The maximum absolute atomic E-state index is 5.91. The summed E-state index contributed by atoms with van der Waals surface area (Å²) in [6, 6.07) is 5.16. The molecule has 18 heavy (non-hydrogen) atoms. The van der Waals surface area contributed by atoms with Crippen LogP contribution in [0.15, 0.2) is 24.4 Å². The van der Waals surface area contributed by atoms with Crippen molar-refractivity contribution < 1.29 is 4.74 Å². The third-order valence-corrected chi connectivity index (χ3v) is 3.31. The second-order valence-corrected chi connectivity index (χ2v) is 4.66. The van der Waals surface area contributed by atoms with Crippen LogP contribution in [0.5, 0.6) is 5.75 Å². The molecule has 2 aromatic rings. The predicted octanol–water partition coefficient (Wildman–Crippen LogP) is 2.93. The first-order valence-corrected chi connectivity index (χ1v) is 6.17. The Morgan fingerprint density at radius 2 is 2.06 bits per heavy atom. The fraction of sp³-hybridized carbons (Fsp3) is 0.250. The highest BCUT2D eigenvalue weighted by Crippen LogP contribution is 2.32. The monoisotopic (exact) mass is 285 g/mol. The lowest BCUT2D eigenvalue weighted by molar-refractivity contribution is 0.320. The molecule has 0 aliphatic carbocycles. The van der Waals surface area contributed by atoms with E-state index in [9.17, 15) is 0 Å². The summed E-state index contributed by atoms with van der Waals surface area (Å²) in [5.41, 5.74) is 7.37. The molecule has 1 aromatic carbocycles. The maximum Gasteiger partial charge on any atom is 0.143 e. The number of benzene rings is 1. The van der Waals surface area contributed by atoms with Crippen molar-refractivity contribution in [2.24, 2.45) is 7.05 Å². The van der Waals surface area contributed by atoms with Gasteiger partial charge in [-0.25, -0.2) is 0 Å². The minimum atomic E-state index is 0.424. The quantitative estimate of drug-likeness (QED) is 0.879. The summed E-state index contributed by atoms with van der Waals surface area (Å²) in [5.74, 6) is 0.548. The zero-order chi connectivity index (χ0) is 13.1. The number of nitrogen functional groups attached to an aromatic ring is 1. The maximum atomic E-state index is 5.91. The summed E-state index contributed by atoms with van der Waals surface area (Å²) >= 11 is 11.8. The normalized spacial score (nSPS) is 10.6. The number of ether oxygens (including phenoxy) is 1. The van der Waals surface area contributed by atoms with Gasteiger partial charge in [-0.05, 0) is 12.1 Å². The average molecular weight is 286 g/mol. The molecule has 0 fully saturated rings. The third-order valence-electron chi connectivity index (χ3n) is 2.59. The van der Waals surface area contributed by atoms with Gasteiger partial charge < -0.3 is 10.5 Å². The Bertz CT molecular complexity index is 554. The van der Waals surface area contributed by atoms with Crippen LogP contribution in [-0.2, 0) is 13.5 Å². The fourth-order valence-electron chi connectivity index (χ4n) is 1.58. The van der Waals surface area contributed by atoms with E-state index in [0.29, 0.717) is 28.1 Å². The molecule has 96 valence electrons. The van der Waals surface area contributed by atoms with Crippen molar-refractivity contribution in [1.82, 2.24) is 9.78 Å². The highest BCUT2D eigenvalue weighted by Gasteiger charge is 2.06. The molecule has 0 saturated heterocycles. The van der Waals surface area contributed by atoms with Crippen LogP contribution < -0.4 is 10.5 Å². The molecular formula is C12H13Cl2N3O. The molecule has 2 rings (SSSR count). The highest BCUT2D eigenvalue weighted by molar-refractivity contribution is 6.42. The molecule has 0 spiro atoms. The lowest BCUT2D eigenvalue weighted by atomic mass is 10.3. The van der Waals surface area contributed by atoms with Crippen molar-refractivity contribution in [1.29, 1.82) is 0 Å². The predicted molar refractivity (Wildman–Crippen MR) is 73.3 cm³/mol. The lowest BCUT2D eigenvalue weighted by Crippen LogP contribution is -2.07. The summed E-state index contributed by atoms with van der Waals surface area (Å²) in [5, 5.41) is 4.94. The van der Waals surface area contributed by atoms with Crippen LogP contribution in [0.2, 0.25) is 10.0 Å². The summed E-state index contributed by atoms with van der Waals surface area (Å²) in [4.78, 5) is 0. The van der Waals surface area contributed by atoms with E-state index in [2.05, 4.69) is 5.10 Å². The minimum absolute atomic E-state index is 0.424. The Morgan fingerprint density at radius 3 is 2.72 bits per heavy atom. The molecule has 2 N–H and O–H groups in total. The van der Waals surface area contributed by atoms with Crippen molar-refractivity contribution in [3.05, 3.63) is 40.1 Å². The minimum Gasteiger partial charge on any atom is -0.491 e. The Kier molecular flexibility index (Phi) is 3.99. The highest BCUT2D eigenvalue weighted by atomic mass is 35.5. The summed E-state index contributed by atoms with van der Waals surface area (Å²) < 4.78 is 7.40. The zero-order valence-electron chi connectivity index (χ0n) is 9.86. The Hall–Kier alpha value is -1.39. The average Bonchev–Trinajstić information content (AvgIpc) is 2.72. The van der Waals surface area contributed by atoms with E-state index in [-0.39, 0.29) is 0 Å². The van der Waals surface area contributed by atoms with E-state index in [0.717, 1.165) is 12.1 Å². The lowest BCUT2D eigenvalue weighted by Gasteiger charge is -2.10. The standard InChI is InChI=1S/C12H13Cl2N3O/c1-17-8(2-4-16-17)3-5-18-12-7-10(14)9(13)6-11(12)15/h2,4,6-7H,3,5,15H2,1H3. The van der Waals surface area contributed by atoms with Gasteiger partial charge in [0, 0.05) is 31.4 Å². The van der Waals surface area contributed by atoms with Gasteiger partial charge in [-0.2, -0.15) is 5.10 Å². The van der Waals surface area contributed by atoms with Crippen LogP contribution in [0.25, 0.3) is 0 Å². The number of aryl methyl sites for hydroxylation is 1. The molecule has 1 aromatic heterocycles. The van der Waals surface area contributed by atoms with Crippen LogP contribution in [0.3, 0.4) is 0 Å². The summed E-state index contributed by atoms with van der Waals surface area (Å²) in [6.07, 6.45) is 2.50.